The normalized spacial score (nSPS) is 16.3. The molecule has 2 aromatic rings. The highest BCUT2D eigenvalue weighted by Crippen LogP contribution is 2.25. The lowest BCUT2D eigenvalue weighted by atomic mass is 10.2. The summed E-state index contributed by atoms with van der Waals surface area (Å²) in [6.07, 6.45) is 0.437. The highest BCUT2D eigenvalue weighted by Gasteiger charge is 2.32. The third-order valence-electron chi connectivity index (χ3n) is 3.74. The van der Waals surface area contributed by atoms with E-state index >= 15 is 0 Å². The second-order valence-corrected chi connectivity index (χ2v) is 5.68. The Morgan fingerprint density at radius 3 is 3.04 bits per heavy atom. The number of halogens is 1. The average Bonchev–Trinajstić information content (AvgIpc) is 3.20. The molecule has 1 aliphatic rings. The molecule has 1 aromatic carbocycles. The quantitative estimate of drug-likeness (QED) is 0.851. The number of carbonyl (C=O) groups is 2. The first-order chi connectivity index (χ1) is 12.5. The zero-order chi connectivity index (χ0) is 18.7. The maximum Gasteiger partial charge on any atom is 0.414 e. The van der Waals surface area contributed by atoms with Crippen LogP contribution in [0.4, 0.5) is 14.9 Å². The summed E-state index contributed by atoms with van der Waals surface area (Å²) in [6.45, 7) is 1.77. The molecule has 0 bridgehead atoms. The van der Waals surface area contributed by atoms with Crippen molar-refractivity contribution in [3.8, 4) is 11.8 Å². The van der Waals surface area contributed by atoms with Crippen molar-refractivity contribution in [2.45, 2.75) is 19.4 Å². The topological polar surface area (TPSA) is 113 Å². The van der Waals surface area contributed by atoms with Gasteiger partial charge >= 0.3 is 6.09 Å². The van der Waals surface area contributed by atoms with Gasteiger partial charge in [-0.25, -0.2) is 13.9 Å². The van der Waals surface area contributed by atoms with Gasteiger partial charge in [0.25, 0.3) is 0 Å². The van der Waals surface area contributed by atoms with Gasteiger partial charge in [0.1, 0.15) is 11.8 Å². The van der Waals surface area contributed by atoms with Gasteiger partial charge in [0.2, 0.25) is 5.91 Å². The van der Waals surface area contributed by atoms with Gasteiger partial charge in [-0.05, 0) is 18.2 Å². The van der Waals surface area contributed by atoms with E-state index < -0.39 is 18.0 Å². The Hall–Kier alpha value is -3.48. The zero-order valence-corrected chi connectivity index (χ0v) is 13.8. The number of benzene rings is 1. The smallest absolute Gasteiger partial charge is 0.414 e. The van der Waals surface area contributed by atoms with Gasteiger partial charge in [0.15, 0.2) is 5.82 Å². The molecule has 9 nitrogen and oxygen atoms in total. The van der Waals surface area contributed by atoms with Crippen LogP contribution in [0, 0.1) is 17.1 Å². The van der Waals surface area contributed by atoms with Crippen LogP contribution in [0.1, 0.15) is 12.6 Å². The zero-order valence-electron chi connectivity index (χ0n) is 13.8. The molecule has 0 unspecified atom stereocenters. The Bertz CT molecular complexity index is 890. The molecule has 0 saturated carbocycles. The summed E-state index contributed by atoms with van der Waals surface area (Å²) in [7, 11) is 0. The van der Waals surface area contributed by atoms with Crippen molar-refractivity contribution < 1.29 is 18.7 Å². The summed E-state index contributed by atoms with van der Waals surface area (Å²) in [5.74, 6) is -0.826. The third kappa shape index (κ3) is 3.61. The molecule has 1 saturated heterocycles. The van der Waals surface area contributed by atoms with Gasteiger partial charge in [0.05, 0.1) is 43.2 Å². The molecular weight excluding hydrogens is 343 g/mol. The molecule has 1 fully saturated rings. The van der Waals surface area contributed by atoms with Crippen molar-refractivity contribution in [1.29, 1.82) is 5.26 Å². The number of rotatable bonds is 5. The standard InChI is InChI=1S/C16H15FN6O3/c1-10(24)19-7-13-9-22(16(25)26-13)12-2-3-15(14(17)6-12)23-8-11(4-5-18)20-21-23/h2-3,6,8,13H,4,7,9H2,1H3,(H,19,24)/t13-/m0/s1. The first kappa shape index (κ1) is 17.3. The minimum Gasteiger partial charge on any atom is -0.442 e. The predicted molar refractivity (Wildman–Crippen MR) is 86.9 cm³/mol. The summed E-state index contributed by atoms with van der Waals surface area (Å²) in [4.78, 5) is 24.2. The summed E-state index contributed by atoms with van der Waals surface area (Å²) >= 11 is 0. The maximum absolute atomic E-state index is 14.5. The number of carbonyl (C=O) groups excluding carboxylic acids is 2. The molecular formula is C16H15FN6O3. The van der Waals surface area contributed by atoms with Crippen LogP contribution in [0.25, 0.3) is 5.69 Å². The van der Waals surface area contributed by atoms with Crippen LogP contribution in [0.15, 0.2) is 24.4 Å². The van der Waals surface area contributed by atoms with Gasteiger partial charge in [-0.15, -0.1) is 5.10 Å². The molecule has 26 heavy (non-hydrogen) atoms. The van der Waals surface area contributed by atoms with Gasteiger partial charge in [-0.1, -0.05) is 5.21 Å². The number of cyclic esters (lactones) is 1. The van der Waals surface area contributed by atoms with E-state index in [0.717, 1.165) is 0 Å². The molecule has 1 N–H and O–H groups in total. The number of nitrogens with zero attached hydrogens (tertiary/aromatic N) is 5. The Kier molecular flexibility index (Phi) is 4.79. The summed E-state index contributed by atoms with van der Waals surface area (Å²) in [6, 6.07) is 6.16. The fourth-order valence-corrected chi connectivity index (χ4v) is 2.52. The highest BCUT2D eigenvalue weighted by atomic mass is 19.1. The lowest BCUT2D eigenvalue weighted by molar-refractivity contribution is -0.119. The average molecular weight is 358 g/mol. The van der Waals surface area contributed by atoms with Crippen molar-refractivity contribution in [2.24, 2.45) is 0 Å². The van der Waals surface area contributed by atoms with E-state index in [2.05, 4.69) is 15.6 Å². The van der Waals surface area contributed by atoms with Crippen molar-refractivity contribution in [3.63, 3.8) is 0 Å². The summed E-state index contributed by atoms with van der Waals surface area (Å²) in [5, 5.41) is 18.8. The number of amides is 2. The lowest BCUT2D eigenvalue weighted by Crippen LogP contribution is -2.33. The second-order valence-electron chi connectivity index (χ2n) is 5.68. The number of hydrogen-bond donors (Lipinski definition) is 1. The maximum atomic E-state index is 14.5. The third-order valence-corrected chi connectivity index (χ3v) is 3.74. The van der Waals surface area contributed by atoms with Crippen LogP contribution < -0.4 is 10.2 Å². The fourth-order valence-electron chi connectivity index (χ4n) is 2.52. The van der Waals surface area contributed by atoms with Crippen molar-refractivity contribution in [2.75, 3.05) is 18.0 Å². The molecule has 3 rings (SSSR count). The molecule has 0 spiro atoms. The second kappa shape index (κ2) is 7.18. The molecule has 1 aromatic heterocycles. The van der Waals surface area contributed by atoms with Gasteiger partial charge < -0.3 is 10.1 Å². The summed E-state index contributed by atoms with van der Waals surface area (Å²) < 4.78 is 20.9. The molecule has 1 atom stereocenters. The Morgan fingerprint density at radius 2 is 2.35 bits per heavy atom. The molecule has 1 aliphatic heterocycles. The molecule has 2 amide bonds. The lowest BCUT2D eigenvalue weighted by Gasteiger charge is -2.14. The minimum absolute atomic E-state index is 0.0784. The first-order valence-electron chi connectivity index (χ1n) is 7.78. The SMILES string of the molecule is CC(=O)NC[C@H]1CN(c2ccc(-n3cc(CC#N)nn3)c(F)c2)C(=O)O1. The van der Waals surface area contributed by atoms with Crippen LogP contribution in [0.3, 0.4) is 0 Å². The van der Waals surface area contributed by atoms with Crippen molar-refractivity contribution in [1.82, 2.24) is 20.3 Å². The van der Waals surface area contributed by atoms with E-state index in [0.29, 0.717) is 11.4 Å². The van der Waals surface area contributed by atoms with E-state index in [1.54, 1.807) is 6.07 Å². The van der Waals surface area contributed by atoms with Crippen LogP contribution in [0.2, 0.25) is 0 Å². The number of hydrogen-bond acceptors (Lipinski definition) is 6. The minimum atomic E-state index is -0.607. The van der Waals surface area contributed by atoms with E-state index in [-0.39, 0.29) is 31.1 Å². The molecule has 134 valence electrons. The van der Waals surface area contributed by atoms with Gasteiger partial charge in [-0.3, -0.25) is 9.69 Å². The highest BCUT2D eigenvalue weighted by molar-refractivity contribution is 5.90. The Balaban J connectivity index is 1.76. The largest absolute Gasteiger partial charge is 0.442 e. The molecule has 0 radical (unpaired) electrons. The van der Waals surface area contributed by atoms with E-state index in [4.69, 9.17) is 10.00 Å². The Labute approximate surface area is 148 Å². The Morgan fingerprint density at radius 1 is 1.54 bits per heavy atom. The number of nitrogens with one attached hydrogen (secondary N) is 1. The van der Waals surface area contributed by atoms with E-state index in [1.807, 2.05) is 6.07 Å². The molecule has 10 heteroatoms. The number of anilines is 1. The number of nitriles is 1. The molecule has 0 aliphatic carbocycles. The van der Waals surface area contributed by atoms with E-state index in [9.17, 15) is 14.0 Å². The molecule has 2 heterocycles. The van der Waals surface area contributed by atoms with Gasteiger partial charge in [-0.2, -0.15) is 5.26 Å². The number of aromatic nitrogens is 3. The van der Waals surface area contributed by atoms with Gasteiger partial charge in [0, 0.05) is 6.92 Å². The monoisotopic (exact) mass is 358 g/mol. The van der Waals surface area contributed by atoms with Crippen LogP contribution in [-0.2, 0) is 16.0 Å². The van der Waals surface area contributed by atoms with Crippen LogP contribution >= 0.6 is 0 Å². The van der Waals surface area contributed by atoms with Crippen molar-refractivity contribution in [3.05, 3.63) is 35.9 Å². The number of ether oxygens (including phenoxy) is 1. The van der Waals surface area contributed by atoms with E-state index in [1.165, 1.54) is 34.8 Å². The predicted octanol–water partition coefficient (Wildman–Crippen LogP) is 0.934. The first-order valence-corrected chi connectivity index (χ1v) is 7.78. The van der Waals surface area contributed by atoms with Crippen LogP contribution in [-0.4, -0.2) is 46.2 Å². The van der Waals surface area contributed by atoms with Crippen LogP contribution in [0.5, 0.6) is 0 Å². The fraction of sp³-hybridized carbons (Fsp3) is 0.312. The summed E-state index contributed by atoms with van der Waals surface area (Å²) in [5.41, 5.74) is 0.909. The van der Waals surface area contributed by atoms with Crippen molar-refractivity contribution >= 4 is 17.7 Å².